The fourth-order valence-electron chi connectivity index (χ4n) is 3.54. The highest BCUT2D eigenvalue weighted by Crippen LogP contribution is 2.42. The summed E-state index contributed by atoms with van der Waals surface area (Å²) in [5, 5.41) is 12.0. The van der Waals surface area contributed by atoms with Gasteiger partial charge in [-0.05, 0) is 38.1 Å². The lowest BCUT2D eigenvalue weighted by Gasteiger charge is -2.28. The van der Waals surface area contributed by atoms with Crippen molar-refractivity contribution in [3.63, 3.8) is 0 Å². The van der Waals surface area contributed by atoms with Crippen molar-refractivity contribution in [3.8, 4) is 0 Å². The number of nitrogens with zero attached hydrogens (tertiary/aromatic N) is 1. The summed E-state index contributed by atoms with van der Waals surface area (Å²) < 4.78 is 6.19. The Balaban J connectivity index is 2.09. The molecule has 31 heavy (non-hydrogen) atoms. The van der Waals surface area contributed by atoms with E-state index in [9.17, 15) is 14.4 Å². The molecular weight excluding hydrogens is 443 g/mol. The number of carboxylic acids is 1. The second-order valence-electron chi connectivity index (χ2n) is 7.41. The number of halogens is 2. The molecule has 7 nitrogen and oxygen atoms in total. The van der Waals surface area contributed by atoms with E-state index in [1.165, 1.54) is 0 Å². The first-order chi connectivity index (χ1) is 14.7. The van der Waals surface area contributed by atoms with Crippen LogP contribution in [0.15, 0.2) is 42.5 Å². The number of carbonyl (C=O) groups is 3. The van der Waals surface area contributed by atoms with Crippen molar-refractivity contribution in [1.29, 1.82) is 0 Å². The number of amides is 2. The Hall–Kier alpha value is -2.61. The van der Waals surface area contributed by atoms with E-state index in [0.717, 1.165) is 0 Å². The Bertz CT molecular complexity index is 1010. The molecule has 0 saturated carbocycles. The Morgan fingerprint density at radius 2 is 1.87 bits per heavy atom. The number of hydrogen-bond donors (Lipinski definition) is 2. The van der Waals surface area contributed by atoms with Crippen molar-refractivity contribution in [2.45, 2.75) is 38.5 Å². The van der Waals surface area contributed by atoms with E-state index in [0.29, 0.717) is 26.9 Å². The van der Waals surface area contributed by atoms with Crippen LogP contribution in [0, 0.1) is 0 Å². The van der Waals surface area contributed by atoms with Gasteiger partial charge in [0.2, 0.25) is 5.91 Å². The monoisotopic (exact) mass is 464 g/mol. The highest BCUT2D eigenvalue weighted by Gasteiger charge is 2.39. The fourth-order valence-corrected chi connectivity index (χ4v) is 3.95. The number of benzene rings is 2. The van der Waals surface area contributed by atoms with E-state index in [2.05, 4.69) is 5.32 Å². The van der Waals surface area contributed by atoms with Gasteiger partial charge in [0, 0.05) is 27.2 Å². The molecule has 1 aliphatic heterocycles. The summed E-state index contributed by atoms with van der Waals surface area (Å²) in [6, 6.07) is 12.0. The van der Waals surface area contributed by atoms with Gasteiger partial charge >= 0.3 is 5.97 Å². The number of carbonyl (C=O) groups excluding carboxylic acids is 2. The standard InChI is InChI=1S/C22H22Cl2N2O5/c1-12(2)26-17-8-7-13(23)9-15(17)21(14-5-3-4-6-16(14)24)31-18(22(26)30)10-19(27)25-11-20(28)29/h3-9,12,18,21H,10-11H2,1-2H3,(H,25,27)(H,28,29). The summed E-state index contributed by atoms with van der Waals surface area (Å²) in [7, 11) is 0. The van der Waals surface area contributed by atoms with Gasteiger partial charge in [-0.1, -0.05) is 41.4 Å². The lowest BCUT2D eigenvalue weighted by atomic mass is 9.99. The summed E-state index contributed by atoms with van der Waals surface area (Å²) in [6.45, 7) is 3.17. The average Bonchev–Trinajstić information content (AvgIpc) is 2.81. The summed E-state index contributed by atoms with van der Waals surface area (Å²) in [5.74, 6) is -2.19. The summed E-state index contributed by atoms with van der Waals surface area (Å²) in [4.78, 5) is 38.1. The van der Waals surface area contributed by atoms with Gasteiger partial charge in [-0.3, -0.25) is 14.4 Å². The first-order valence-corrected chi connectivity index (χ1v) is 10.5. The van der Waals surface area contributed by atoms with Crippen LogP contribution in [0.25, 0.3) is 0 Å². The summed E-state index contributed by atoms with van der Waals surface area (Å²) in [5.41, 5.74) is 1.89. The van der Waals surface area contributed by atoms with Crippen molar-refractivity contribution in [2.75, 3.05) is 11.4 Å². The molecule has 0 spiro atoms. The van der Waals surface area contributed by atoms with Gasteiger partial charge in [0.05, 0.1) is 12.1 Å². The Kier molecular flexibility index (Phi) is 7.20. The summed E-state index contributed by atoms with van der Waals surface area (Å²) >= 11 is 12.7. The molecule has 2 aromatic rings. The number of rotatable bonds is 6. The van der Waals surface area contributed by atoms with Crippen LogP contribution in [-0.4, -0.2) is 41.6 Å². The van der Waals surface area contributed by atoms with E-state index >= 15 is 0 Å². The molecule has 0 aromatic heterocycles. The van der Waals surface area contributed by atoms with Gasteiger partial charge < -0.3 is 20.1 Å². The zero-order chi connectivity index (χ0) is 22.7. The minimum atomic E-state index is -1.18. The van der Waals surface area contributed by atoms with Gasteiger partial charge in [0.1, 0.15) is 18.8 Å². The molecule has 2 aromatic carbocycles. The SMILES string of the molecule is CC(C)N1C(=O)C(CC(=O)NCC(=O)O)OC(c2ccccc2Cl)c2cc(Cl)ccc21. The van der Waals surface area contributed by atoms with Crippen molar-refractivity contribution in [2.24, 2.45) is 0 Å². The number of anilines is 1. The van der Waals surface area contributed by atoms with Gasteiger partial charge in [0.25, 0.3) is 5.91 Å². The molecule has 0 fully saturated rings. The van der Waals surface area contributed by atoms with Crippen molar-refractivity contribution < 1.29 is 24.2 Å². The molecule has 0 saturated heterocycles. The van der Waals surface area contributed by atoms with E-state index in [1.807, 2.05) is 13.8 Å². The van der Waals surface area contributed by atoms with E-state index in [-0.39, 0.29) is 12.5 Å². The molecule has 9 heteroatoms. The van der Waals surface area contributed by atoms with Gasteiger partial charge in [-0.25, -0.2) is 0 Å². The van der Waals surface area contributed by atoms with Crippen LogP contribution in [0.3, 0.4) is 0 Å². The molecule has 1 aliphatic rings. The number of nitrogens with one attached hydrogen (secondary N) is 1. The maximum absolute atomic E-state index is 13.4. The molecule has 0 aliphatic carbocycles. The molecule has 0 bridgehead atoms. The predicted molar refractivity (Wildman–Crippen MR) is 118 cm³/mol. The molecule has 2 unspecified atom stereocenters. The third-order valence-corrected chi connectivity index (χ3v) is 5.44. The maximum Gasteiger partial charge on any atom is 0.322 e. The third kappa shape index (κ3) is 5.18. The van der Waals surface area contributed by atoms with Crippen LogP contribution in [0.4, 0.5) is 5.69 Å². The average molecular weight is 465 g/mol. The smallest absolute Gasteiger partial charge is 0.322 e. The molecule has 164 valence electrons. The van der Waals surface area contributed by atoms with Gasteiger partial charge in [-0.2, -0.15) is 0 Å². The predicted octanol–water partition coefficient (Wildman–Crippen LogP) is 3.81. The van der Waals surface area contributed by atoms with Crippen LogP contribution in [-0.2, 0) is 19.1 Å². The number of hydrogen-bond acceptors (Lipinski definition) is 4. The summed E-state index contributed by atoms with van der Waals surface area (Å²) in [6.07, 6.45) is -2.24. The first-order valence-electron chi connectivity index (χ1n) is 9.70. The zero-order valence-corrected chi connectivity index (χ0v) is 18.5. The largest absolute Gasteiger partial charge is 0.480 e. The minimum Gasteiger partial charge on any atom is -0.480 e. The molecule has 3 rings (SSSR count). The van der Waals surface area contributed by atoms with Crippen LogP contribution in [0.1, 0.15) is 37.5 Å². The van der Waals surface area contributed by atoms with Crippen molar-refractivity contribution in [3.05, 3.63) is 63.6 Å². The number of aliphatic carboxylic acids is 1. The highest BCUT2D eigenvalue weighted by molar-refractivity contribution is 6.31. The van der Waals surface area contributed by atoms with Gasteiger partial charge in [-0.15, -0.1) is 0 Å². The highest BCUT2D eigenvalue weighted by atomic mass is 35.5. The number of fused-ring (bicyclic) bond motifs is 1. The first kappa shape index (κ1) is 23.1. The topological polar surface area (TPSA) is 95.9 Å². The molecule has 1 heterocycles. The molecular formula is C22H22Cl2N2O5. The lowest BCUT2D eigenvalue weighted by Crippen LogP contribution is -2.45. The van der Waals surface area contributed by atoms with Crippen LogP contribution in [0.5, 0.6) is 0 Å². The van der Waals surface area contributed by atoms with Gasteiger partial charge in [0.15, 0.2) is 0 Å². The second kappa shape index (κ2) is 9.68. The second-order valence-corrected chi connectivity index (χ2v) is 8.25. The zero-order valence-electron chi connectivity index (χ0n) is 17.0. The van der Waals surface area contributed by atoms with Crippen LogP contribution in [0.2, 0.25) is 10.0 Å². The van der Waals surface area contributed by atoms with E-state index in [4.69, 9.17) is 33.0 Å². The molecule has 2 N–H and O–H groups in total. The minimum absolute atomic E-state index is 0.231. The molecule has 2 amide bonds. The quantitative estimate of drug-likeness (QED) is 0.677. The Morgan fingerprint density at radius 3 is 2.52 bits per heavy atom. The van der Waals surface area contributed by atoms with Crippen molar-refractivity contribution in [1.82, 2.24) is 5.32 Å². The third-order valence-electron chi connectivity index (χ3n) is 4.86. The van der Waals surface area contributed by atoms with Crippen molar-refractivity contribution >= 4 is 46.7 Å². The van der Waals surface area contributed by atoms with E-state index < -0.39 is 36.5 Å². The van der Waals surface area contributed by atoms with E-state index in [1.54, 1.807) is 47.4 Å². The number of ether oxygens (including phenoxy) is 1. The Labute approximate surface area is 189 Å². The maximum atomic E-state index is 13.4. The van der Waals surface area contributed by atoms with Crippen LogP contribution < -0.4 is 10.2 Å². The normalized spacial score (nSPS) is 18.5. The number of carboxylic acid groups (broad SMARTS) is 1. The molecule has 2 atom stereocenters. The fraction of sp³-hybridized carbons (Fsp3) is 0.318. The molecule has 0 radical (unpaired) electrons. The lowest BCUT2D eigenvalue weighted by molar-refractivity contribution is -0.140. The Morgan fingerprint density at radius 1 is 1.16 bits per heavy atom. The van der Waals surface area contributed by atoms with Crippen LogP contribution >= 0.6 is 23.2 Å².